The fraction of sp³-hybridized carbons (Fsp3) is 0.778. The Kier molecular flexibility index (Phi) is 6.78. The summed E-state index contributed by atoms with van der Waals surface area (Å²) in [5.74, 6) is 0. The fourth-order valence-electron chi connectivity index (χ4n) is 1.08. The van der Waals surface area contributed by atoms with Crippen LogP contribution in [-0.2, 0) is 9.84 Å². The van der Waals surface area contributed by atoms with E-state index in [4.69, 9.17) is 5.73 Å². The van der Waals surface area contributed by atoms with Gasteiger partial charge in [0.05, 0.1) is 0 Å². The van der Waals surface area contributed by atoms with Gasteiger partial charge in [0.15, 0.2) is 9.84 Å². The van der Waals surface area contributed by atoms with Gasteiger partial charge in [0, 0.05) is 17.7 Å². The molecule has 0 unspecified atom stereocenters. The number of nitrogens with one attached hydrogen (secondary N) is 1. The van der Waals surface area contributed by atoms with Crippen LogP contribution in [0.2, 0.25) is 0 Å². The van der Waals surface area contributed by atoms with Gasteiger partial charge in [-0.15, -0.1) is 0 Å². The summed E-state index contributed by atoms with van der Waals surface area (Å²) in [4.78, 5) is 0. The van der Waals surface area contributed by atoms with Crippen molar-refractivity contribution in [3.8, 4) is 0 Å². The lowest BCUT2D eigenvalue weighted by atomic mass is 10.1. The highest BCUT2D eigenvalue weighted by Gasteiger charge is 2.02. The smallest absolute Gasteiger partial charge is 0.168 e. The molecule has 0 aromatic heterocycles. The number of unbranched alkanes of at least 4 members (excludes halogenated alkanes) is 1. The highest BCUT2D eigenvalue weighted by molar-refractivity contribution is 7.93. The molecule has 0 aromatic rings. The first-order chi connectivity index (χ1) is 6.49. The maximum atomic E-state index is 10.8. The van der Waals surface area contributed by atoms with Crippen molar-refractivity contribution in [3.63, 3.8) is 0 Å². The SMILES string of the molecule is CN[C@H](/C=C/S(C)(=O)=O)CCCCN. The summed E-state index contributed by atoms with van der Waals surface area (Å²) in [7, 11) is -1.19. The van der Waals surface area contributed by atoms with E-state index >= 15 is 0 Å². The van der Waals surface area contributed by atoms with Gasteiger partial charge in [-0.25, -0.2) is 8.42 Å². The maximum Gasteiger partial charge on any atom is 0.168 e. The Morgan fingerprint density at radius 2 is 2.07 bits per heavy atom. The van der Waals surface area contributed by atoms with Gasteiger partial charge in [0.25, 0.3) is 0 Å². The van der Waals surface area contributed by atoms with Crippen molar-refractivity contribution in [1.82, 2.24) is 5.32 Å². The minimum absolute atomic E-state index is 0.122. The molecule has 14 heavy (non-hydrogen) atoms. The second-order valence-corrected chi connectivity index (χ2v) is 5.27. The van der Waals surface area contributed by atoms with Crippen LogP contribution in [0.25, 0.3) is 0 Å². The van der Waals surface area contributed by atoms with Gasteiger partial charge in [0.2, 0.25) is 0 Å². The predicted octanol–water partition coefficient (Wildman–Crippen LogP) is 0.262. The summed E-state index contributed by atoms with van der Waals surface area (Å²) in [5.41, 5.74) is 5.37. The van der Waals surface area contributed by atoms with Crippen molar-refractivity contribution < 1.29 is 8.42 Å². The Hall–Kier alpha value is -0.390. The van der Waals surface area contributed by atoms with E-state index in [2.05, 4.69) is 5.32 Å². The Morgan fingerprint density at radius 1 is 1.43 bits per heavy atom. The second-order valence-electron chi connectivity index (χ2n) is 3.34. The van der Waals surface area contributed by atoms with Crippen molar-refractivity contribution in [1.29, 1.82) is 0 Å². The second kappa shape index (κ2) is 6.98. The van der Waals surface area contributed by atoms with Crippen LogP contribution in [-0.4, -0.2) is 34.3 Å². The van der Waals surface area contributed by atoms with Crippen molar-refractivity contribution in [2.45, 2.75) is 25.3 Å². The third-order valence-electron chi connectivity index (χ3n) is 1.90. The van der Waals surface area contributed by atoms with Gasteiger partial charge in [-0.2, -0.15) is 0 Å². The lowest BCUT2D eigenvalue weighted by Crippen LogP contribution is -2.23. The molecule has 0 aliphatic carbocycles. The van der Waals surface area contributed by atoms with Gasteiger partial charge >= 0.3 is 0 Å². The molecule has 0 fully saturated rings. The Labute approximate surface area is 86.5 Å². The maximum absolute atomic E-state index is 10.8. The minimum Gasteiger partial charge on any atom is -0.330 e. The zero-order chi connectivity index (χ0) is 11.0. The third-order valence-corrected chi connectivity index (χ3v) is 2.55. The van der Waals surface area contributed by atoms with Crippen LogP contribution in [0.3, 0.4) is 0 Å². The quantitative estimate of drug-likeness (QED) is 0.604. The van der Waals surface area contributed by atoms with Crippen molar-refractivity contribution in [2.75, 3.05) is 19.8 Å². The molecule has 0 aliphatic heterocycles. The molecule has 0 spiro atoms. The molecule has 0 aliphatic rings. The summed E-state index contributed by atoms with van der Waals surface area (Å²) >= 11 is 0. The summed E-state index contributed by atoms with van der Waals surface area (Å²) < 4.78 is 21.7. The molecule has 1 atom stereocenters. The van der Waals surface area contributed by atoms with Crippen molar-refractivity contribution in [3.05, 3.63) is 11.5 Å². The number of hydrogen-bond acceptors (Lipinski definition) is 4. The van der Waals surface area contributed by atoms with E-state index in [-0.39, 0.29) is 6.04 Å². The fourth-order valence-corrected chi connectivity index (χ4v) is 1.56. The molecule has 0 saturated carbocycles. The lowest BCUT2D eigenvalue weighted by molar-refractivity contribution is 0.569. The molecular formula is C9H20N2O2S. The van der Waals surface area contributed by atoms with Gasteiger partial charge < -0.3 is 11.1 Å². The largest absolute Gasteiger partial charge is 0.330 e. The van der Waals surface area contributed by atoms with Crippen LogP contribution in [0.4, 0.5) is 0 Å². The molecule has 0 radical (unpaired) electrons. The number of hydrogen-bond donors (Lipinski definition) is 2. The molecule has 0 bridgehead atoms. The summed E-state index contributed by atoms with van der Waals surface area (Å²) in [6.07, 6.45) is 5.78. The predicted molar refractivity (Wildman–Crippen MR) is 59.7 cm³/mol. The van der Waals surface area contributed by atoms with Gasteiger partial charge in [-0.05, 0) is 26.4 Å². The van der Waals surface area contributed by atoms with Crippen molar-refractivity contribution in [2.24, 2.45) is 5.73 Å². The molecule has 0 rings (SSSR count). The number of sulfone groups is 1. The van der Waals surface area contributed by atoms with Crippen LogP contribution >= 0.6 is 0 Å². The summed E-state index contributed by atoms with van der Waals surface area (Å²) in [6.45, 7) is 0.687. The number of nitrogens with two attached hydrogens (primary N) is 1. The highest BCUT2D eigenvalue weighted by Crippen LogP contribution is 2.02. The minimum atomic E-state index is -3.01. The average molecular weight is 220 g/mol. The summed E-state index contributed by atoms with van der Waals surface area (Å²) in [5, 5.41) is 4.29. The van der Waals surface area contributed by atoms with Crippen LogP contribution < -0.4 is 11.1 Å². The number of likely N-dealkylation sites (N-methyl/N-ethyl adjacent to an activating group) is 1. The molecule has 0 heterocycles. The first kappa shape index (κ1) is 13.6. The standard InChI is InChI=1S/C9H20N2O2S/c1-11-9(5-3-4-7-10)6-8-14(2,12)13/h6,8-9,11H,3-5,7,10H2,1-2H3/b8-6+/t9-/m0/s1. The molecular weight excluding hydrogens is 200 g/mol. The molecule has 84 valence electrons. The first-order valence-corrected chi connectivity index (χ1v) is 6.70. The molecule has 3 N–H and O–H groups in total. The van der Waals surface area contributed by atoms with E-state index in [1.807, 2.05) is 7.05 Å². The van der Waals surface area contributed by atoms with Crippen molar-refractivity contribution >= 4 is 9.84 Å². The Morgan fingerprint density at radius 3 is 2.50 bits per heavy atom. The average Bonchev–Trinajstić information content (AvgIpc) is 2.09. The zero-order valence-electron chi connectivity index (χ0n) is 8.86. The van der Waals surface area contributed by atoms with Gasteiger partial charge in [-0.3, -0.25) is 0 Å². The van der Waals surface area contributed by atoms with E-state index in [1.165, 1.54) is 11.7 Å². The monoisotopic (exact) mass is 220 g/mol. The van der Waals surface area contributed by atoms with E-state index in [0.717, 1.165) is 19.3 Å². The summed E-state index contributed by atoms with van der Waals surface area (Å²) in [6, 6.07) is 0.122. The Bertz CT molecular complexity index is 260. The molecule has 4 nitrogen and oxygen atoms in total. The van der Waals surface area contributed by atoms with E-state index < -0.39 is 9.84 Å². The molecule has 5 heteroatoms. The number of rotatable bonds is 7. The van der Waals surface area contributed by atoms with Crippen LogP contribution in [0.15, 0.2) is 11.5 Å². The first-order valence-electron chi connectivity index (χ1n) is 4.75. The Balaban J connectivity index is 3.97. The molecule has 0 saturated heterocycles. The highest BCUT2D eigenvalue weighted by atomic mass is 32.2. The lowest BCUT2D eigenvalue weighted by Gasteiger charge is -2.10. The topological polar surface area (TPSA) is 72.2 Å². The molecule has 0 aromatic carbocycles. The zero-order valence-corrected chi connectivity index (χ0v) is 9.68. The van der Waals surface area contributed by atoms with E-state index in [1.54, 1.807) is 6.08 Å². The van der Waals surface area contributed by atoms with Gasteiger partial charge in [-0.1, -0.05) is 12.5 Å². The third kappa shape index (κ3) is 8.22. The van der Waals surface area contributed by atoms with Crippen LogP contribution in [0.5, 0.6) is 0 Å². The van der Waals surface area contributed by atoms with Crippen LogP contribution in [0.1, 0.15) is 19.3 Å². The van der Waals surface area contributed by atoms with Gasteiger partial charge in [0.1, 0.15) is 0 Å². The van der Waals surface area contributed by atoms with E-state index in [9.17, 15) is 8.42 Å². The van der Waals surface area contributed by atoms with E-state index in [0.29, 0.717) is 6.54 Å². The molecule has 0 amide bonds. The normalized spacial score (nSPS) is 14.8. The van der Waals surface area contributed by atoms with Crippen LogP contribution in [0, 0.1) is 0 Å².